The van der Waals surface area contributed by atoms with Gasteiger partial charge in [-0.1, -0.05) is 13.0 Å². The molecule has 0 radical (unpaired) electrons. The summed E-state index contributed by atoms with van der Waals surface area (Å²) >= 11 is 0. The molecule has 0 atom stereocenters. The van der Waals surface area contributed by atoms with Gasteiger partial charge in [-0.2, -0.15) is 9.97 Å². The lowest BCUT2D eigenvalue weighted by atomic mass is 10.1. The Morgan fingerprint density at radius 3 is 2.70 bits per heavy atom. The number of nitro benzene ring substituents is 1. The van der Waals surface area contributed by atoms with Crippen LogP contribution in [0.25, 0.3) is 11.4 Å². The second kappa shape index (κ2) is 5.60. The minimum atomic E-state index is -0.444. The lowest BCUT2D eigenvalue weighted by molar-refractivity contribution is -0.384. The first-order valence-corrected chi connectivity index (χ1v) is 6.27. The van der Waals surface area contributed by atoms with Gasteiger partial charge in [0.1, 0.15) is 5.82 Å². The molecule has 0 unspecified atom stereocenters. The van der Waals surface area contributed by atoms with E-state index in [1.165, 1.54) is 12.1 Å². The molecule has 104 valence electrons. The smallest absolute Gasteiger partial charge is 0.270 e. The quantitative estimate of drug-likeness (QED) is 0.676. The van der Waals surface area contributed by atoms with Crippen LogP contribution in [0.15, 0.2) is 18.2 Å². The number of hydrogen-bond acceptors (Lipinski definition) is 6. The summed E-state index contributed by atoms with van der Waals surface area (Å²) in [5.41, 5.74) is 7.13. The molecule has 1 aromatic heterocycles. The van der Waals surface area contributed by atoms with Crippen molar-refractivity contribution in [3.63, 3.8) is 0 Å². The molecule has 0 bridgehead atoms. The van der Waals surface area contributed by atoms with Crippen molar-refractivity contribution in [1.29, 1.82) is 0 Å². The summed E-state index contributed by atoms with van der Waals surface area (Å²) in [4.78, 5) is 22.9. The van der Waals surface area contributed by atoms with Gasteiger partial charge < -0.3 is 5.73 Å². The molecule has 0 aliphatic heterocycles. The lowest BCUT2D eigenvalue weighted by Crippen LogP contribution is -2.05. The number of nitrogens with two attached hydrogens (primary N) is 1. The van der Waals surface area contributed by atoms with E-state index < -0.39 is 4.92 Å². The number of anilines is 1. The number of aromatic nitrogens is 3. The standard InChI is InChI=1S/C13H15N5O2/c1-3-4-11-15-12(17-13(14)16-11)10-7-9(18(19)20)6-5-8(10)2/h5-7H,3-4H2,1-2H3,(H2,14,15,16,17). The van der Waals surface area contributed by atoms with E-state index in [1.54, 1.807) is 6.07 Å². The van der Waals surface area contributed by atoms with Gasteiger partial charge in [0.05, 0.1) is 4.92 Å². The number of nitro groups is 1. The van der Waals surface area contributed by atoms with Gasteiger partial charge in [-0.3, -0.25) is 10.1 Å². The zero-order valence-corrected chi connectivity index (χ0v) is 11.3. The zero-order chi connectivity index (χ0) is 14.7. The van der Waals surface area contributed by atoms with Gasteiger partial charge in [0.2, 0.25) is 5.95 Å². The van der Waals surface area contributed by atoms with Crippen LogP contribution in [0.4, 0.5) is 11.6 Å². The van der Waals surface area contributed by atoms with Crippen molar-refractivity contribution in [2.24, 2.45) is 0 Å². The molecule has 7 heteroatoms. The number of rotatable bonds is 4. The topological polar surface area (TPSA) is 108 Å². The SMILES string of the molecule is CCCc1nc(N)nc(-c2cc([N+](=O)[O-])ccc2C)n1. The Labute approximate surface area is 116 Å². The highest BCUT2D eigenvalue weighted by atomic mass is 16.6. The Morgan fingerprint density at radius 2 is 2.05 bits per heavy atom. The number of non-ortho nitro benzene ring substituents is 1. The highest BCUT2D eigenvalue weighted by Crippen LogP contribution is 2.25. The van der Waals surface area contributed by atoms with Crippen LogP contribution in [0.3, 0.4) is 0 Å². The van der Waals surface area contributed by atoms with E-state index in [-0.39, 0.29) is 11.6 Å². The predicted octanol–water partition coefficient (Wildman–Crippen LogP) is 2.29. The Balaban J connectivity index is 2.55. The monoisotopic (exact) mass is 273 g/mol. The highest BCUT2D eigenvalue weighted by Gasteiger charge is 2.14. The first-order chi connectivity index (χ1) is 9.51. The van der Waals surface area contributed by atoms with Crippen molar-refractivity contribution >= 4 is 11.6 Å². The number of aryl methyl sites for hydroxylation is 2. The second-order valence-electron chi connectivity index (χ2n) is 4.44. The van der Waals surface area contributed by atoms with Crippen molar-refractivity contribution in [2.75, 3.05) is 5.73 Å². The number of nitrogen functional groups attached to an aromatic ring is 1. The summed E-state index contributed by atoms with van der Waals surface area (Å²) in [5, 5.41) is 10.9. The van der Waals surface area contributed by atoms with Crippen LogP contribution in [0.1, 0.15) is 24.7 Å². The molecular formula is C13H15N5O2. The average molecular weight is 273 g/mol. The normalized spacial score (nSPS) is 10.5. The van der Waals surface area contributed by atoms with Crippen LogP contribution in [-0.4, -0.2) is 19.9 Å². The van der Waals surface area contributed by atoms with E-state index in [0.717, 1.165) is 12.0 Å². The van der Waals surface area contributed by atoms with Crippen LogP contribution < -0.4 is 5.73 Å². The summed E-state index contributed by atoms with van der Waals surface area (Å²) in [6.45, 7) is 3.86. The Kier molecular flexibility index (Phi) is 3.88. The Bertz CT molecular complexity index is 657. The summed E-state index contributed by atoms with van der Waals surface area (Å²) in [6.07, 6.45) is 1.57. The molecule has 1 heterocycles. The van der Waals surface area contributed by atoms with Gasteiger partial charge in [0, 0.05) is 24.1 Å². The molecule has 0 saturated carbocycles. The molecule has 0 saturated heterocycles. The number of benzene rings is 1. The van der Waals surface area contributed by atoms with Crippen LogP contribution in [-0.2, 0) is 6.42 Å². The third-order valence-corrected chi connectivity index (χ3v) is 2.85. The van der Waals surface area contributed by atoms with Crippen molar-refractivity contribution in [3.05, 3.63) is 39.7 Å². The molecule has 2 rings (SSSR count). The molecule has 20 heavy (non-hydrogen) atoms. The van der Waals surface area contributed by atoms with E-state index in [9.17, 15) is 10.1 Å². The molecule has 7 nitrogen and oxygen atoms in total. The molecule has 2 aromatic rings. The van der Waals surface area contributed by atoms with Crippen LogP contribution in [0.2, 0.25) is 0 Å². The van der Waals surface area contributed by atoms with Crippen molar-refractivity contribution in [3.8, 4) is 11.4 Å². The lowest BCUT2D eigenvalue weighted by Gasteiger charge is -2.07. The molecule has 0 amide bonds. The van der Waals surface area contributed by atoms with Gasteiger partial charge in [0.15, 0.2) is 5.82 Å². The van der Waals surface area contributed by atoms with Crippen molar-refractivity contribution < 1.29 is 4.92 Å². The number of nitrogens with zero attached hydrogens (tertiary/aromatic N) is 4. The first kappa shape index (κ1) is 13.9. The minimum absolute atomic E-state index is 0.00150. The molecule has 1 aromatic carbocycles. The average Bonchev–Trinajstić information content (AvgIpc) is 2.38. The fourth-order valence-electron chi connectivity index (χ4n) is 1.86. The third-order valence-electron chi connectivity index (χ3n) is 2.85. The van der Waals surface area contributed by atoms with Gasteiger partial charge >= 0.3 is 0 Å². The van der Waals surface area contributed by atoms with Gasteiger partial charge in [-0.15, -0.1) is 0 Å². The molecule has 0 fully saturated rings. The second-order valence-corrected chi connectivity index (χ2v) is 4.44. The van der Waals surface area contributed by atoms with E-state index in [1.807, 2.05) is 13.8 Å². The molecular weight excluding hydrogens is 258 g/mol. The Morgan fingerprint density at radius 1 is 1.30 bits per heavy atom. The minimum Gasteiger partial charge on any atom is -0.368 e. The van der Waals surface area contributed by atoms with Gasteiger partial charge in [-0.25, -0.2) is 4.98 Å². The fourth-order valence-corrected chi connectivity index (χ4v) is 1.86. The summed E-state index contributed by atoms with van der Waals surface area (Å²) in [7, 11) is 0. The maximum Gasteiger partial charge on any atom is 0.270 e. The van der Waals surface area contributed by atoms with Crippen LogP contribution in [0.5, 0.6) is 0 Å². The van der Waals surface area contributed by atoms with Gasteiger partial charge in [-0.05, 0) is 18.9 Å². The summed E-state index contributed by atoms with van der Waals surface area (Å²) in [6, 6.07) is 4.59. The maximum absolute atomic E-state index is 10.9. The van der Waals surface area contributed by atoms with E-state index >= 15 is 0 Å². The molecule has 0 aliphatic rings. The number of hydrogen-bond donors (Lipinski definition) is 1. The van der Waals surface area contributed by atoms with Gasteiger partial charge in [0.25, 0.3) is 5.69 Å². The third kappa shape index (κ3) is 2.87. The van der Waals surface area contributed by atoms with Crippen molar-refractivity contribution in [2.45, 2.75) is 26.7 Å². The largest absolute Gasteiger partial charge is 0.368 e. The van der Waals surface area contributed by atoms with E-state index in [4.69, 9.17) is 5.73 Å². The molecule has 2 N–H and O–H groups in total. The first-order valence-electron chi connectivity index (χ1n) is 6.27. The predicted molar refractivity (Wildman–Crippen MR) is 75.1 cm³/mol. The maximum atomic E-state index is 10.9. The molecule has 0 aliphatic carbocycles. The van der Waals surface area contributed by atoms with E-state index in [0.29, 0.717) is 23.6 Å². The summed E-state index contributed by atoms with van der Waals surface area (Å²) in [5.74, 6) is 1.10. The molecule has 0 spiro atoms. The van der Waals surface area contributed by atoms with Crippen LogP contribution >= 0.6 is 0 Å². The zero-order valence-electron chi connectivity index (χ0n) is 11.3. The Hall–Kier alpha value is -2.57. The van der Waals surface area contributed by atoms with E-state index in [2.05, 4.69) is 15.0 Å². The van der Waals surface area contributed by atoms with Crippen molar-refractivity contribution in [1.82, 2.24) is 15.0 Å². The highest BCUT2D eigenvalue weighted by molar-refractivity contribution is 5.64. The summed E-state index contributed by atoms with van der Waals surface area (Å²) < 4.78 is 0. The fraction of sp³-hybridized carbons (Fsp3) is 0.308. The van der Waals surface area contributed by atoms with Crippen LogP contribution in [0, 0.1) is 17.0 Å².